The van der Waals surface area contributed by atoms with Gasteiger partial charge >= 0.3 is 0 Å². The van der Waals surface area contributed by atoms with Gasteiger partial charge in [-0.05, 0) is 47.5 Å². The van der Waals surface area contributed by atoms with E-state index in [0.29, 0.717) is 23.7 Å². The molecule has 4 nitrogen and oxygen atoms in total. The molecule has 0 aromatic heterocycles. The Kier molecular flexibility index (Phi) is 6.31. The zero-order valence-electron chi connectivity index (χ0n) is 12.7. The molecule has 0 aliphatic carbocycles. The number of allylic oxidation sites excluding steroid dienone is 2. The Bertz CT molecular complexity index is 959. The highest BCUT2D eigenvalue weighted by Gasteiger charge is 2.18. The summed E-state index contributed by atoms with van der Waals surface area (Å²) in [6.45, 7) is 0. The molecule has 0 saturated heterocycles. The van der Waals surface area contributed by atoms with E-state index in [4.69, 9.17) is 23.2 Å². The predicted octanol–water partition coefficient (Wildman–Crippen LogP) is 4.08. The molecular weight excluding hydrogens is 383 g/mol. The lowest BCUT2D eigenvalue weighted by Crippen LogP contribution is -2.02. The van der Waals surface area contributed by atoms with Gasteiger partial charge in [-0.3, -0.25) is 9.59 Å². The number of sulfone groups is 1. The number of halogens is 2. The van der Waals surface area contributed by atoms with Crippen molar-refractivity contribution in [2.24, 2.45) is 0 Å². The molecule has 0 N–H and O–H groups in total. The third-order valence-corrected chi connectivity index (χ3v) is 5.74. The molecule has 0 bridgehead atoms. The first kappa shape index (κ1) is 19.1. The molecule has 0 unspecified atom stereocenters. The lowest BCUT2D eigenvalue weighted by atomic mass is 10.2. The minimum atomic E-state index is -3.77. The quantitative estimate of drug-likeness (QED) is 0.546. The molecule has 0 saturated carbocycles. The molecule has 2 aromatic rings. The van der Waals surface area contributed by atoms with Crippen LogP contribution in [0.2, 0.25) is 0 Å². The smallest absolute Gasteiger partial charge is 0.206 e. The Morgan fingerprint density at radius 3 is 1.88 bits per heavy atom. The minimum absolute atomic E-state index is 0.0460. The largest absolute Gasteiger partial charge is 0.299 e. The van der Waals surface area contributed by atoms with Crippen LogP contribution in [0.1, 0.15) is 11.1 Å². The van der Waals surface area contributed by atoms with Crippen molar-refractivity contribution >= 4 is 55.7 Å². The molecule has 25 heavy (non-hydrogen) atoms. The van der Waals surface area contributed by atoms with Gasteiger partial charge in [-0.1, -0.05) is 47.5 Å². The maximum atomic E-state index is 12.7. The van der Waals surface area contributed by atoms with E-state index in [9.17, 15) is 18.0 Å². The van der Waals surface area contributed by atoms with Gasteiger partial charge in [0, 0.05) is 0 Å². The molecule has 2 rings (SSSR count). The molecular formula is C18H12Cl2O4S. The Morgan fingerprint density at radius 1 is 0.760 bits per heavy atom. The van der Waals surface area contributed by atoms with Crippen molar-refractivity contribution in [3.63, 3.8) is 0 Å². The van der Waals surface area contributed by atoms with Crippen LogP contribution in [0.4, 0.5) is 0 Å². The summed E-state index contributed by atoms with van der Waals surface area (Å²) in [5.74, 6) is 0. The number of carbonyl (C=O) groups excluding carboxylic acids is 2. The maximum absolute atomic E-state index is 12.7. The molecule has 128 valence electrons. The molecule has 0 radical (unpaired) electrons. The fraction of sp³-hybridized carbons (Fsp3) is 0. The summed E-state index contributed by atoms with van der Waals surface area (Å²) in [5.41, 5.74) is 0.946. The SMILES string of the molecule is O=CC=C(Cl)c1ccc(S(=O)(=O)c2cccc(C(Cl)=CC=O)c2)cc1. The first-order valence-electron chi connectivity index (χ1n) is 6.98. The fourth-order valence-corrected chi connectivity index (χ4v) is 3.71. The van der Waals surface area contributed by atoms with Gasteiger partial charge in [0.25, 0.3) is 0 Å². The second kappa shape index (κ2) is 8.25. The van der Waals surface area contributed by atoms with Gasteiger partial charge in [0.2, 0.25) is 9.84 Å². The Hall–Kier alpha value is -2.21. The van der Waals surface area contributed by atoms with Gasteiger partial charge in [-0.15, -0.1) is 0 Å². The Balaban J connectivity index is 2.44. The third-order valence-electron chi connectivity index (χ3n) is 3.29. The van der Waals surface area contributed by atoms with E-state index < -0.39 is 9.84 Å². The number of carbonyl (C=O) groups is 2. The normalized spacial score (nSPS) is 12.7. The summed E-state index contributed by atoms with van der Waals surface area (Å²) in [6, 6.07) is 11.8. The van der Waals surface area contributed by atoms with Crippen LogP contribution in [0.5, 0.6) is 0 Å². The van der Waals surface area contributed by atoms with Crippen molar-refractivity contribution in [1.29, 1.82) is 0 Å². The first-order valence-corrected chi connectivity index (χ1v) is 9.22. The predicted molar refractivity (Wildman–Crippen MR) is 98.1 cm³/mol. The van der Waals surface area contributed by atoms with Gasteiger partial charge in [0.1, 0.15) is 12.6 Å². The van der Waals surface area contributed by atoms with E-state index in [-0.39, 0.29) is 19.9 Å². The van der Waals surface area contributed by atoms with Crippen molar-refractivity contribution in [3.8, 4) is 0 Å². The van der Waals surface area contributed by atoms with E-state index in [1.165, 1.54) is 42.5 Å². The number of rotatable bonds is 6. The summed E-state index contributed by atoms with van der Waals surface area (Å²) < 4.78 is 25.5. The lowest BCUT2D eigenvalue weighted by molar-refractivity contribution is -0.104. The van der Waals surface area contributed by atoms with Gasteiger partial charge in [-0.25, -0.2) is 8.42 Å². The topological polar surface area (TPSA) is 68.3 Å². The zero-order valence-corrected chi connectivity index (χ0v) is 15.1. The molecule has 0 heterocycles. The standard InChI is InChI=1S/C18H12Cl2O4S/c19-17(8-10-21)13-4-6-15(7-5-13)25(23,24)16-3-1-2-14(12-16)18(20)9-11-22/h1-12H. The number of hydrogen-bond donors (Lipinski definition) is 0. The number of benzene rings is 2. The van der Waals surface area contributed by atoms with Crippen LogP contribution in [0.3, 0.4) is 0 Å². The van der Waals surface area contributed by atoms with Crippen molar-refractivity contribution < 1.29 is 18.0 Å². The van der Waals surface area contributed by atoms with E-state index >= 15 is 0 Å². The summed E-state index contributed by atoms with van der Waals surface area (Å²) in [4.78, 5) is 21.1. The van der Waals surface area contributed by atoms with Gasteiger partial charge in [0.15, 0.2) is 0 Å². The first-order chi connectivity index (χ1) is 11.9. The highest BCUT2D eigenvalue weighted by atomic mass is 35.5. The average Bonchev–Trinajstić information content (AvgIpc) is 2.62. The van der Waals surface area contributed by atoms with Crippen molar-refractivity contribution in [2.45, 2.75) is 9.79 Å². The second-order valence-corrected chi connectivity index (χ2v) is 7.62. The Labute approximate surface area is 155 Å². The van der Waals surface area contributed by atoms with E-state index in [1.54, 1.807) is 12.1 Å². The molecule has 7 heteroatoms. The molecule has 0 spiro atoms. The van der Waals surface area contributed by atoms with E-state index in [1.807, 2.05) is 0 Å². The van der Waals surface area contributed by atoms with Crippen molar-refractivity contribution in [3.05, 3.63) is 71.8 Å². The second-order valence-electron chi connectivity index (χ2n) is 4.86. The molecule has 0 aliphatic heterocycles. The van der Waals surface area contributed by atoms with Crippen molar-refractivity contribution in [2.75, 3.05) is 0 Å². The van der Waals surface area contributed by atoms with Crippen LogP contribution >= 0.6 is 23.2 Å². The van der Waals surface area contributed by atoms with Gasteiger partial charge in [0.05, 0.1) is 19.9 Å². The average molecular weight is 395 g/mol. The summed E-state index contributed by atoms with van der Waals surface area (Å²) in [7, 11) is -3.77. The third kappa shape index (κ3) is 4.45. The minimum Gasteiger partial charge on any atom is -0.299 e. The highest BCUT2D eigenvalue weighted by molar-refractivity contribution is 7.91. The monoisotopic (exact) mass is 394 g/mol. The Morgan fingerprint density at radius 2 is 1.32 bits per heavy atom. The van der Waals surface area contributed by atoms with Crippen LogP contribution in [-0.2, 0) is 19.4 Å². The van der Waals surface area contributed by atoms with Crippen LogP contribution in [0, 0.1) is 0 Å². The van der Waals surface area contributed by atoms with Crippen LogP contribution in [-0.4, -0.2) is 21.0 Å². The number of aldehydes is 2. The van der Waals surface area contributed by atoms with Gasteiger partial charge in [-0.2, -0.15) is 0 Å². The maximum Gasteiger partial charge on any atom is 0.206 e. The summed E-state index contributed by atoms with van der Waals surface area (Å²) in [5, 5.41) is 0.361. The summed E-state index contributed by atoms with van der Waals surface area (Å²) in [6.07, 6.45) is 3.40. The van der Waals surface area contributed by atoms with E-state index in [2.05, 4.69) is 0 Å². The molecule has 0 atom stereocenters. The molecule has 0 amide bonds. The van der Waals surface area contributed by atoms with Crippen LogP contribution in [0.15, 0.2) is 70.5 Å². The molecule has 2 aromatic carbocycles. The highest BCUT2D eigenvalue weighted by Crippen LogP contribution is 2.27. The van der Waals surface area contributed by atoms with Gasteiger partial charge < -0.3 is 0 Å². The zero-order chi connectivity index (χ0) is 18.4. The van der Waals surface area contributed by atoms with Crippen molar-refractivity contribution in [1.82, 2.24) is 0 Å². The number of hydrogen-bond acceptors (Lipinski definition) is 4. The van der Waals surface area contributed by atoms with Crippen LogP contribution < -0.4 is 0 Å². The molecule has 0 aliphatic rings. The molecule has 0 fully saturated rings. The van der Waals surface area contributed by atoms with Crippen LogP contribution in [0.25, 0.3) is 10.1 Å². The fourth-order valence-electron chi connectivity index (χ4n) is 2.05. The van der Waals surface area contributed by atoms with E-state index in [0.717, 1.165) is 6.08 Å². The lowest BCUT2D eigenvalue weighted by Gasteiger charge is -2.07. The summed E-state index contributed by atoms with van der Waals surface area (Å²) >= 11 is 11.9.